The molecule has 17 heavy (non-hydrogen) atoms. The molecule has 2 unspecified atom stereocenters. The van der Waals surface area contributed by atoms with Crippen LogP contribution in [0.15, 0.2) is 18.2 Å². The van der Waals surface area contributed by atoms with Gasteiger partial charge in [0, 0.05) is 24.3 Å². The van der Waals surface area contributed by atoms with Gasteiger partial charge in [0.05, 0.1) is 5.69 Å². The van der Waals surface area contributed by atoms with Crippen LogP contribution < -0.4 is 5.32 Å². The van der Waals surface area contributed by atoms with Gasteiger partial charge < -0.3 is 5.32 Å². The van der Waals surface area contributed by atoms with E-state index in [0.717, 1.165) is 24.5 Å². The van der Waals surface area contributed by atoms with Gasteiger partial charge in [-0.3, -0.25) is 9.88 Å². The fourth-order valence-electron chi connectivity index (χ4n) is 2.00. The van der Waals surface area contributed by atoms with E-state index in [1.807, 2.05) is 20.0 Å². The molecule has 1 aromatic heterocycles. The highest BCUT2D eigenvalue weighted by Crippen LogP contribution is 2.09. The van der Waals surface area contributed by atoms with Gasteiger partial charge in [-0.2, -0.15) is 0 Å². The number of aromatic nitrogens is 1. The first kappa shape index (κ1) is 14.1. The standard InChI is InChI=1S/C14H25N3/c1-6-17(13(4)12(3)15-5)10-14-9-7-8-11(2)16-14/h7-9,12-13,15H,6,10H2,1-5H3. The lowest BCUT2D eigenvalue weighted by Gasteiger charge is -2.31. The van der Waals surface area contributed by atoms with Gasteiger partial charge in [-0.25, -0.2) is 0 Å². The number of likely N-dealkylation sites (N-methyl/N-ethyl adjacent to an activating group) is 2. The number of aryl methyl sites for hydroxylation is 1. The largest absolute Gasteiger partial charge is 0.316 e. The summed E-state index contributed by atoms with van der Waals surface area (Å²) in [4.78, 5) is 7.01. The fourth-order valence-corrected chi connectivity index (χ4v) is 2.00. The molecule has 1 aromatic rings. The second-order valence-corrected chi connectivity index (χ2v) is 4.65. The average molecular weight is 235 g/mol. The molecule has 3 heteroatoms. The van der Waals surface area contributed by atoms with Gasteiger partial charge in [0.15, 0.2) is 0 Å². The number of rotatable bonds is 6. The van der Waals surface area contributed by atoms with E-state index in [4.69, 9.17) is 0 Å². The Kier molecular flexibility index (Phi) is 5.59. The highest BCUT2D eigenvalue weighted by Gasteiger charge is 2.17. The molecule has 96 valence electrons. The first-order valence-corrected chi connectivity index (χ1v) is 6.42. The molecule has 2 atom stereocenters. The van der Waals surface area contributed by atoms with Crippen molar-refractivity contribution in [2.75, 3.05) is 13.6 Å². The minimum atomic E-state index is 0.486. The maximum absolute atomic E-state index is 4.57. The maximum Gasteiger partial charge on any atom is 0.0547 e. The molecular formula is C14H25N3. The van der Waals surface area contributed by atoms with E-state index in [1.54, 1.807) is 0 Å². The Morgan fingerprint density at radius 3 is 2.59 bits per heavy atom. The summed E-state index contributed by atoms with van der Waals surface area (Å²) in [6.45, 7) is 10.7. The van der Waals surface area contributed by atoms with Crippen LogP contribution in [0.3, 0.4) is 0 Å². The number of nitrogens with one attached hydrogen (secondary N) is 1. The first-order valence-electron chi connectivity index (χ1n) is 6.42. The molecule has 0 spiro atoms. The third-order valence-corrected chi connectivity index (χ3v) is 3.47. The van der Waals surface area contributed by atoms with Crippen molar-refractivity contribution < 1.29 is 0 Å². The van der Waals surface area contributed by atoms with Crippen molar-refractivity contribution in [3.8, 4) is 0 Å². The Morgan fingerprint density at radius 1 is 1.35 bits per heavy atom. The molecule has 0 aliphatic carbocycles. The Balaban J connectivity index is 2.69. The molecule has 0 saturated heterocycles. The minimum Gasteiger partial charge on any atom is -0.316 e. The third-order valence-electron chi connectivity index (χ3n) is 3.47. The number of hydrogen-bond donors (Lipinski definition) is 1. The van der Waals surface area contributed by atoms with E-state index < -0.39 is 0 Å². The molecule has 0 aliphatic heterocycles. The van der Waals surface area contributed by atoms with E-state index in [1.165, 1.54) is 0 Å². The molecule has 0 saturated carbocycles. The molecular weight excluding hydrogens is 210 g/mol. The highest BCUT2D eigenvalue weighted by atomic mass is 15.2. The average Bonchev–Trinajstić information content (AvgIpc) is 2.34. The highest BCUT2D eigenvalue weighted by molar-refractivity contribution is 5.10. The second kappa shape index (κ2) is 6.72. The quantitative estimate of drug-likeness (QED) is 0.819. The number of hydrogen-bond acceptors (Lipinski definition) is 3. The predicted octanol–water partition coefficient (Wildman–Crippen LogP) is 2.21. The molecule has 0 fully saturated rings. The van der Waals surface area contributed by atoms with Crippen LogP contribution in [0.25, 0.3) is 0 Å². The Labute approximate surface area is 105 Å². The van der Waals surface area contributed by atoms with Gasteiger partial charge in [0.2, 0.25) is 0 Å². The van der Waals surface area contributed by atoms with Gasteiger partial charge >= 0.3 is 0 Å². The molecule has 1 N–H and O–H groups in total. The zero-order chi connectivity index (χ0) is 12.8. The molecule has 0 radical (unpaired) electrons. The monoisotopic (exact) mass is 235 g/mol. The summed E-state index contributed by atoms with van der Waals surface area (Å²) in [6, 6.07) is 7.22. The van der Waals surface area contributed by atoms with E-state index in [2.05, 4.69) is 48.1 Å². The maximum atomic E-state index is 4.57. The van der Waals surface area contributed by atoms with Crippen LogP contribution in [0.2, 0.25) is 0 Å². The van der Waals surface area contributed by atoms with Crippen LogP contribution in [0.1, 0.15) is 32.2 Å². The molecule has 0 bridgehead atoms. The molecule has 3 nitrogen and oxygen atoms in total. The van der Waals surface area contributed by atoms with Crippen molar-refractivity contribution in [3.63, 3.8) is 0 Å². The lowest BCUT2D eigenvalue weighted by atomic mass is 10.1. The van der Waals surface area contributed by atoms with Gasteiger partial charge in [-0.05, 0) is 46.5 Å². The van der Waals surface area contributed by atoms with E-state index in [9.17, 15) is 0 Å². The summed E-state index contributed by atoms with van der Waals surface area (Å²) >= 11 is 0. The SMILES string of the molecule is CCN(Cc1cccc(C)n1)C(C)C(C)NC. The van der Waals surface area contributed by atoms with Crippen molar-refractivity contribution >= 4 is 0 Å². The van der Waals surface area contributed by atoms with E-state index in [-0.39, 0.29) is 0 Å². The summed E-state index contributed by atoms with van der Waals surface area (Å²) in [7, 11) is 2.01. The normalized spacial score (nSPS) is 14.9. The molecule has 0 aliphatic rings. The van der Waals surface area contributed by atoms with Gasteiger partial charge in [0.25, 0.3) is 0 Å². The van der Waals surface area contributed by atoms with Crippen LogP contribution in [-0.4, -0.2) is 35.6 Å². The third kappa shape index (κ3) is 4.10. The van der Waals surface area contributed by atoms with Crippen molar-refractivity contribution in [1.82, 2.24) is 15.2 Å². The van der Waals surface area contributed by atoms with Crippen LogP contribution >= 0.6 is 0 Å². The Hall–Kier alpha value is -0.930. The summed E-state index contributed by atoms with van der Waals surface area (Å²) in [5.41, 5.74) is 2.25. The zero-order valence-corrected chi connectivity index (χ0v) is 11.7. The Morgan fingerprint density at radius 2 is 2.06 bits per heavy atom. The molecule has 1 rings (SSSR count). The van der Waals surface area contributed by atoms with Crippen LogP contribution in [0.4, 0.5) is 0 Å². The zero-order valence-electron chi connectivity index (χ0n) is 11.7. The minimum absolute atomic E-state index is 0.486. The molecule has 0 aromatic carbocycles. The summed E-state index contributed by atoms with van der Waals surface area (Å²) < 4.78 is 0. The fraction of sp³-hybridized carbons (Fsp3) is 0.643. The van der Waals surface area contributed by atoms with Crippen molar-refractivity contribution in [1.29, 1.82) is 0 Å². The molecule has 0 amide bonds. The lowest BCUT2D eigenvalue weighted by Crippen LogP contribution is -2.45. The molecule has 1 heterocycles. The van der Waals surface area contributed by atoms with E-state index >= 15 is 0 Å². The van der Waals surface area contributed by atoms with Crippen LogP contribution in [0.5, 0.6) is 0 Å². The number of pyridine rings is 1. The van der Waals surface area contributed by atoms with Crippen LogP contribution in [0, 0.1) is 6.92 Å². The van der Waals surface area contributed by atoms with Gasteiger partial charge in [0.1, 0.15) is 0 Å². The van der Waals surface area contributed by atoms with Crippen molar-refractivity contribution in [2.45, 2.75) is 46.3 Å². The number of nitrogens with zero attached hydrogens (tertiary/aromatic N) is 2. The second-order valence-electron chi connectivity index (χ2n) is 4.65. The first-order chi connectivity index (χ1) is 8.08. The summed E-state index contributed by atoms with van der Waals surface area (Å²) in [5.74, 6) is 0. The Bertz CT molecular complexity index is 338. The van der Waals surface area contributed by atoms with E-state index in [0.29, 0.717) is 12.1 Å². The van der Waals surface area contributed by atoms with Crippen molar-refractivity contribution in [3.05, 3.63) is 29.6 Å². The van der Waals surface area contributed by atoms with Gasteiger partial charge in [-0.1, -0.05) is 13.0 Å². The lowest BCUT2D eigenvalue weighted by molar-refractivity contribution is 0.177. The summed E-state index contributed by atoms with van der Waals surface area (Å²) in [5, 5.41) is 3.31. The van der Waals surface area contributed by atoms with Gasteiger partial charge in [-0.15, -0.1) is 0 Å². The van der Waals surface area contributed by atoms with Crippen molar-refractivity contribution in [2.24, 2.45) is 0 Å². The topological polar surface area (TPSA) is 28.2 Å². The predicted molar refractivity (Wildman–Crippen MR) is 73.0 cm³/mol. The van der Waals surface area contributed by atoms with Crippen LogP contribution in [-0.2, 0) is 6.54 Å². The summed E-state index contributed by atoms with van der Waals surface area (Å²) in [6.07, 6.45) is 0. The smallest absolute Gasteiger partial charge is 0.0547 e.